The van der Waals surface area contributed by atoms with Crippen molar-refractivity contribution in [2.45, 2.75) is 51.7 Å². The lowest BCUT2D eigenvalue weighted by Crippen LogP contribution is -2.45. The highest BCUT2D eigenvalue weighted by atomic mass is 16.5. The second kappa shape index (κ2) is 8.06. The predicted molar refractivity (Wildman–Crippen MR) is 71.3 cm³/mol. The minimum absolute atomic E-state index is 0.176. The Balaban J connectivity index is 2.36. The zero-order chi connectivity index (χ0) is 12.7. The van der Waals surface area contributed by atoms with Crippen LogP contribution in [0.1, 0.15) is 39.5 Å². The second-order valence-electron chi connectivity index (χ2n) is 5.52. The summed E-state index contributed by atoms with van der Waals surface area (Å²) in [4.78, 5) is 0. The van der Waals surface area contributed by atoms with Crippen molar-refractivity contribution in [3.63, 3.8) is 0 Å². The molecule has 1 fully saturated rings. The van der Waals surface area contributed by atoms with Gasteiger partial charge in [-0.25, -0.2) is 0 Å². The highest BCUT2D eigenvalue weighted by Gasteiger charge is 2.27. The minimum Gasteiger partial charge on any atom is -0.382 e. The fraction of sp³-hybridized carbons (Fsp3) is 1.00. The molecule has 102 valence electrons. The molecule has 1 aliphatic rings. The summed E-state index contributed by atoms with van der Waals surface area (Å²) in [5.41, 5.74) is 0. The zero-order valence-corrected chi connectivity index (χ0v) is 11.9. The Morgan fingerprint density at radius 3 is 2.47 bits per heavy atom. The van der Waals surface area contributed by atoms with Crippen LogP contribution in [0.2, 0.25) is 0 Å². The van der Waals surface area contributed by atoms with E-state index in [0.29, 0.717) is 12.6 Å². The van der Waals surface area contributed by atoms with Crippen molar-refractivity contribution >= 4 is 0 Å². The first kappa shape index (κ1) is 14.9. The van der Waals surface area contributed by atoms with Gasteiger partial charge in [0.1, 0.15) is 0 Å². The summed E-state index contributed by atoms with van der Waals surface area (Å²) in [6, 6.07) is 0.665. The van der Waals surface area contributed by atoms with Crippen molar-refractivity contribution in [2.75, 3.05) is 27.4 Å². The maximum atomic E-state index is 5.39. The molecule has 3 unspecified atom stereocenters. The van der Waals surface area contributed by atoms with E-state index in [1.165, 1.54) is 25.7 Å². The summed E-state index contributed by atoms with van der Waals surface area (Å²) in [5, 5.41) is 3.68. The Morgan fingerprint density at radius 2 is 1.88 bits per heavy atom. The largest absolute Gasteiger partial charge is 0.382 e. The van der Waals surface area contributed by atoms with Crippen LogP contribution in [0.5, 0.6) is 0 Å². The molecule has 17 heavy (non-hydrogen) atoms. The van der Waals surface area contributed by atoms with Crippen LogP contribution in [-0.2, 0) is 9.47 Å². The van der Waals surface area contributed by atoms with Crippen LogP contribution in [0, 0.1) is 11.8 Å². The van der Waals surface area contributed by atoms with Crippen molar-refractivity contribution in [1.29, 1.82) is 0 Å². The topological polar surface area (TPSA) is 30.5 Å². The monoisotopic (exact) mass is 243 g/mol. The van der Waals surface area contributed by atoms with Crippen LogP contribution in [-0.4, -0.2) is 39.5 Å². The van der Waals surface area contributed by atoms with Gasteiger partial charge in [0.15, 0.2) is 0 Å². The van der Waals surface area contributed by atoms with Crippen LogP contribution in [0.25, 0.3) is 0 Å². The molecule has 1 aliphatic carbocycles. The van der Waals surface area contributed by atoms with Crippen LogP contribution >= 0.6 is 0 Å². The third kappa shape index (κ3) is 4.94. The van der Waals surface area contributed by atoms with Gasteiger partial charge in [0, 0.05) is 26.8 Å². The highest BCUT2D eigenvalue weighted by Crippen LogP contribution is 2.30. The molecule has 0 amide bonds. The normalized spacial score (nSPS) is 27.4. The van der Waals surface area contributed by atoms with Gasteiger partial charge in [0.05, 0.1) is 12.7 Å². The molecule has 1 rings (SSSR count). The van der Waals surface area contributed by atoms with Crippen molar-refractivity contribution in [3.05, 3.63) is 0 Å². The maximum absolute atomic E-state index is 5.39. The number of hydrogen-bond acceptors (Lipinski definition) is 3. The summed E-state index contributed by atoms with van der Waals surface area (Å²) in [7, 11) is 3.48. The summed E-state index contributed by atoms with van der Waals surface area (Å²) >= 11 is 0. The first-order chi connectivity index (χ1) is 8.19. The first-order valence-corrected chi connectivity index (χ1v) is 6.94. The Kier molecular flexibility index (Phi) is 7.09. The summed E-state index contributed by atoms with van der Waals surface area (Å²) < 4.78 is 10.5. The molecule has 0 aromatic rings. The summed E-state index contributed by atoms with van der Waals surface area (Å²) in [6.07, 6.45) is 5.62. The van der Waals surface area contributed by atoms with Crippen LogP contribution in [0.15, 0.2) is 0 Å². The van der Waals surface area contributed by atoms with Gasteiger partial charge in [-0.05, 0) is 24.7 Å². The first-order valence-electron chi connectivity index (χ1n) is 6.94. The van der Waals surface area contributed by atoms with Crippen molar-refractivity contribution < 1.29 is 9.47 Å². The Labute approximate surface area is 106 Å². The molecule has 3 atom stereocenters. The number of methoxy groups -OCH3 is 2. The average Bonchev–Trinajstić information content (AvgIpc) is 2.34. The smallest absolute Gasteiger partial charge is 0.0928 e. The fourth-order valence-electron chi connectivity index (χ4n) is 2.89. The average molecular weight is 243 g/mol. The van der Waals surface area contributed by atoms with Gasteiger partial charge in [0.25, 0.3) is 0 Å². The number of hydrogen-bond donors (Lipinski definition) is 1. The number of rotatable bonds is 7. The molecule has 0 spiro atoms. The number of nitrogens with one attached hydrogen (secondary N) is 1. The molecular formula is C14H29NO2. The van der Waals surface area contributed by atoms with E-state index in [-0.39, 0.29) is 6.10 Å². The molecule has 0 bridgehead atoms. The van der Waals surface area contributed by atoms with E-state index in [1.807, 2.05) is 0 Å². The molecule has 3 nitrogen and oxygen atoms in total. The van der Waals surface area contributed by atoms with Crippen LogP contribution in [0.3, 0.4) is 0 Å². The van der Waals surface area contributed by atoms with E-state index in [1.54, 1.807) is 14.2 Å². The molecule has 0 aliphatic heterocycles. The van der Waals surface area contributed by atoms with Gasteiger partial charge < -0.3 is 14.8 Å². The Hall–Kier alpha value is -0.120. The molecule has 0 heterocycles. The molecule has 3 heteroatoms. The van der Waals surface area contributed by atoms with Gasteiger partial charge >= 0.3 is 0 Å². The van der Waals surface area contributed by atoms with E-state index < -0.39 is 0 Å². The molecule has 0 saturated heterocycles. The predicted octanol–water partition coefficient (Wildman–Crippen LogP) is 2.45. The van der Waals surface area contributed by atoms with E-state index in [2.05, 4.69) is 19.2 Å². The van der Waals surface area contributed by atoms with Crippen LogP contribution < -0.4 is 5.32 Å². The highest BCUT2D eigenvalue weighted by molar-refractivity contribution is 4.83. The zero-order valence-electron chi connectivity index (χ0n) is 11.9. The van der Waals surface area contributed by atoms with Crippen molar-refractivity contribution in [3.8, 4) is 0 Å². The second-order valence-corrected chi connectivity index (χ2v) is 5.52. The van der Waals surface area contributed by atoms with Gasteiger partial charge in [-0.1, -0.05) is 26.7 Å². The van der Waals surface area contributed by atoms with E-state index >= 15 is 0 Å². The van der Waals surface area contributed by atoms with Crippen molar-refractivity contribution in [2.24, 2.45) is 11.8 Å². The van der Waals surface area contributed by atoms with Gasteiger partial charge in [-0.15, -0.1) is 0 Å². The van der Waals surface area contributed by atoms with E-state index in [0.717, 1.165) is 18.4 Å². The fourth-order valence-corrected chi connectivity index (χ4v) is 2.89. The third-order valence-corrected chi connectivity index (χ3v) is 3.97. The quantitative estimate of drug-likeness (QED) is 0.745. The molecule has 0 aromatic heterocycles. The van der Waals surface area contributed by atoms with Gasteiger partial charge in [-0.3, -0.25) is 0 Å². The molecule has 0 radical (unpaired) electrons. The maximum Gasteiger partial charge on any atom is 0.0928 e. The minimum atomic E-state index is 0.176. The Morgan fingerprint density at radius 1 is 1.18 bits per heavy atom. The van der Waals surface area contributed by atoms with Gasteiger partial charge in [0.2, 0.25) is 0 Å². The third-order valence-electron chi connectivity index (χ3n) is 3.97. The molecular weight excluding hydrogens is 214 g/mol. The summed E-state index contributed by atoms with van der Waals surface area (Å²) in [5.74, 6) is 1.60. The van der Waals surface area contributed by atoms with Gasteiger partial charge in [-0.2, -0.15) is 0 Å². The van der Waals surface area contributed by atoms with Crippen LogP contribution in [0.4, 0.5) is 0 Å². The Bertz CT molecular complexity index is 197. The lowest BCUT2D eigenvalue weighted by Gasteiger charge is -2.35. The SMILES string of the molecule is COCC(CNC1CCCCC1C(C)C)OC. The lowest BCUT2D eigenvalue weighted by atomic mass is 9.78. The van der Waals surface area contributed by atoms with E-state index in [4.69, 9.17) is 9.47 Å². The lowest BCUT2D eigenvalue weighted by molar-refractivity contribution is 0.0240. The van der Waals surface area contributed by atoms with E-state index in [9.17, 15) is 0 Å². The molecule has 1 saturated carbocycles. The summed E-state index contributed by atoms with van der Waals surface area (Å²) in [6.45, 7) is 6.25. The van der Waals surface area contributed by atoms with Crippen molar-refractivity contribution in [1.82, 2.24) is 5.32 Å². The standard InChI is InChI=1S/C14H29NO2/c1-11(2)13-7-5-6-8-14(13)15-9-12(17-4)10-16-3/h11-15H,5-10H2,1-4H3. The number of ether oxygens (including phenoxy) is 2. The molecule has 0 aromatic carbocycles. The molecule has 1 N–H and O–H groups in total.